The van der Waals surface area contributed by atoms with Crippen molar-refractivity contribution in [1.29, 1.82) is 0 Å². The smallest absolute Gasteiger partial charge is 0.235 e. The lowest BCUT2D eigenvalue weighted by atomic mass is 10.0. The maximum atomic E-state index is 6.70. The van der Waals surface area contributed by atoms with Crippen molar-refractivity contribution in [3.8, 4) is 51.0 Å². The molecule has 0 atom stereocenters. The van der Waals surface area contributed by atoms with E-state index >= 15 is 0 Å². The highest BCUT2D eigenvalue weighted by Gasteiger charge is 2.22. The molecule has 0 spiro atoms. The van der Waals surface area contributed by atoms with Crippen LogP contribution in [0.25, 0.3) is 138 Å². The minimum Gasteiger partial charge on any atom is -0.454 e. The van der Waals surface area contributed by atoms with Gasteiger partial charge in [0.1, 0.15) is 5.58 Å². The van der Waals surface area contributed by atoms with E-state index in [9.17, 15) is 0 Å². The zero-order valence-corrected chi connectivity index (χ0v) is 37.7. The van der Waals surface area contributed by atoms with E-state index in [1.54, 1.807) is 0 Å². The first-order valence-corrected chi connectivity index (χ1v) is 23.7. The first-order chi connectivity index (χ1) is 34.7. The van der Waals surface area contributed by atoms with Crippen LogP contribution < -0.4 is 0 Å². The van der Waals surface area contributed by atoms with Gasteiger partial charge in [0.2, 0.25) is 5.95 Å². The highest BCUT2D eigenvalue weighted by Crippen LogP contribution is 2.42. The van der Waals surface area contributed by atoms with Crippen LogP contribution in [0.5, 0.6) is 0 Å². The van der Waals surface area contributed by atoms with Crippen LogP contribution in [-0.4, -0.2) is 23.7 Å². The number of nitrogens with zero attached hydrogens (tertiary/aromatic N) is 5. The Bertz CT molecular complexity index is 4590. The molecule has 5 heterocycles. The number of para-hydroxylation sites is 5. The third kappa shape index (κ3) is 5.74. The van der Waals surface area contributed by atoms with Gasteiger partial charge in [-0.25, -0.2) is 9.97 Å². The summed E-state index contributed by atoms with van der Waals surface area (Å²) in [5.41, 5.74) is 16.5. The molecule has 0 saturated heterocycles. The first-order valence-electron chi connectivity index (χ1n) is 23.7. The van der Waals surface area contributed by atoms with Gasteiger partial charge in [0, 0.05) is 65.6 Å². The molecule has 0 aliphatic carbocycles. The zero-order chi connectivity index (χ0) is 45.9. The van der Waals surface area contributed by atoms with Gasteiger partial charge in [0.25, 0.3) is 0 Å². The molecule has 6 nitrogen and oxygen atoms in total. The van der Waals surface area contributed by atoms with Crippen molar-refractivity contribution in [1.82, 2.24) is 23.7 Å². The summed E-state index contributed by atoms with van der Waals surface area (Å²) < 4.78 is 13.6. The van der Waals surface area contributed by atoms with Crippen molar-refractivity contribution < 1.29 is 4.42 Å². The van der Waals surface area contributed by atoms with E-state index in [0.29, 0.717) is 5.95 Å². The molecule has 15 aromatic rings. The molecule has 15 rings (SSSR count). The Morgan fingerprint density at radius 1 is 0.286 bits per heavy atom. The van der Waals surface area contributed by atoms with E-state index in [1.165, 1.54) is 27.2 Å². The maximum absolute atomic E-state index is 6.70. The van der Waals surface area contributed by atoms with Crippen LogP contribution in [0.1, 0.15) is 0 Å². The molecule has 5 aromatic heterocycles. The van der Waals surface area contributed by atoms with E-state index in [1.807, 2.05) is 12.1 Å². The second kappa shape index (κ2) is 15.0. The molecule has 0 aliphatic heterocycles. The Morgan fingerprint density at radius 2 is 0.786 bits per heavy atom. The molecule has 0 unspecified atom stereocenters. The molecule has 0 amide bonds. The Hall–Kier alpha value is -9.52. The third-order valence-electron chi connectivity index (χ3n) is 14.3. The molecule has 10 aromatic carbocycles. The van der Waals surface area contributed by atoms with Gasteiger partial charge in [-0.1, -0.05) is 152 Å². The molecule has 326 valence electrons. The van der Waals surface area contributed by atoms with Crippen molar-refractivity contribution in [3.63, 3.8) is 0 Å². The maximum Gasteiger partial charge on any atom is 0.235 e. The van der Waals surface area contributed by atoms with E-state index in [4.69, 9.17) is 14.4 Å². The van der Waals surface area contributed by atoms with Gasteiger partial charge in [-0.15, -0.1) is 0 Å². The highest BCUT2D eigenvalue weighted by atomic mass is 16.3. The van der Waals surface area contributed by atoms with Crippen LogP contribution in [0.2, 0.25) is 0 Å². The molecule has 70 heavy (non-hydrogen) atoms. The van der Waals surface area contributed by atoms with Gasteiger partial charge < -0.3 is 13.6 Å². The van der Waals surface area contributed by atoms with E-state index in [2.05, 4.69) is 238 Å². The number of fused-ring (bicyclic) bond motifs is 13. The van der Waals surface area contributed by atoms with Gasteiger partial charge >= 0.3 is 0 Å². The molecule has 6 heteroatoms. The lowest BCUT2D eigenvalue weighted by Gasteiger charge is -2.13. The fraction of sp³-hybridized carbons (Fsp3) is 0. The Balaban J connectivity index is 0.910. The number of hydrogen-bond acceptors (Lipinski definition) is 3. The van der Waals surface area contributed by atoms with Crippen LogP contribution in [0.15, 0.2) is 241 Å². The zero-order valence-electron chi connectivity index (χ0n) is 37.7. The summed E-state index contributed by atoms with van der Waals surface area (Å²) >= 11 is 0. The van der Waals surface area contributed by atoms with Gasteiger partial charge in [0.15, 0.2) is 5.58 Å². The predicted octanol–water partition coefficient (Wildman–Crippen LogP) is 16.7. The summed E-state index contributed by atoms with van der Waals surface area (Å²) in [6.45, 7) is 0. The summed E-state index contributed by atoms with van der Waals surface area (Å²) in [4.78, 5) is 10.9. The Morgan fingerprint density at radius 3 is 1.49 bits per heavy atom. The predicted molar refractivity (Wildman–Crippen MR) is 289 cm³/mol. The lowest BCUT2D eigenvalue weighted by Crippen LogP contribution is -2.04. The van der Waals surface area contributed by atoms with Crippen LogP contribution in [0.4, 0.5) is 0 Å². The van der Waals surface area contributed by atoms with Crippen molar-refractivity contribution in [2.45, 2.75) is 0 Å². The van der Waals surface area contributed by atoms with Crippen molar-refractivity contribution in [2.75, 3.05) is 0 Å². The molecule has 0 N–H and O–H groups in total. The van der Waals surface area contributed by atoms with E-state index in [0.717, 1.165) is 105 Å². The molecular weight excluding hydrogens is 855 g/mol. The standard InChI is InChI=1S/C64H39N5O/c1-3-16-40(17-4-1)54-39-55(43-18-15-21-45(36-43)68-57-27-12-7-22-46(57)50-32-33-51-49-25-10-14-29-61(49)70-63(51)62(50)68)66-64(65-54)69-58-28-13-9-24-48(58)53-38-42(31-35-60(53)69)41-30-34-59-52(37-41)47-23-8-11-26-56(47)67(59)44-19-5-2-6-20-44/h1-39H. The summed E-state index contributed by atoms with van der Waals surface area (Å²) in [5, 5.41) is 9.27. The molecule has 0 aliphatic rings. The van der Waals surface area contributed by atoms with Crippen LogP contribution >= 0.6 is 0 Å². The van der Waals surface area contributed by atoms with E-state index < -0.39 is 0 Å². The second-order valence-corrected chi connectivity index (χ2v) is 18.1. The largest absolute Gasteiger partial charge is 0.454 e. The quantitative estimate of drug-likeness (QED) is 0.167. The van der Waals surface area contributed by atoms with Gasteiger partial charge in [-0.05, 0) is 96.1 Å². The molecule has 0 bridgehead atoms. The van der Waals surface area contributed by atoms with Gasteiger partial charge in [-0.3, -0.25) is 4.57 Å². The number of hydrogen-bond donors (Lipinski definition) is 0. The highest BCUT2D eigenvalue weighted by molar-refractivity contribution is 6.21. The average molecular weight is 894 g/mol. The van der Waals surface area contributed by atoms with E-state index in [-0.39, 0.29) is 0 Å². The molecule has 0 fully saturated rings. The monoisotopic (exact) mass is 893 g/mol. The van der Waals surface area contributed by atoms with Crippen LogP contribution in [0.3, 0.4) is 0 Å². The lowest BCUT2D eigenvalue weighted by molar-refractivity contribution is 0.671. The fourth-order valence-corrected chi connectivity index (χ4v) is 11.1. The normalized spacial score (nSPS) is 12.0. The van der Waals surface area contributed by atoms with Crippen molar-refractivity contribution in [3.05, 3.63) is 237 Å². The van der Waals surface area contributed by atoms with Crippen molar-refractivity contribution >= 4 is 87.4 Å². The molecule has 0 saturated carbocycles. The number of benzene rings is 10. The van der Waals surface area contributed by atoms with Crippen LogP contribution in [0, 0.1) is 0 Å². The topological polar surface area (TPSA) is 53.7 Å². The number of furan rings is 1. The van der Waals surface area contributed by atoms with Gasteiger partial charge in [-0.2, -0.15) is 0 Å². The second-order valence-electron chi connectivity index (χ2n) is 18.1. The summed E-state index contributed by atoms with van der Waals surface area (Å²) in [5.74, 6) is 0.608. The third-order valence-corrected chi connectivity index (χ3v) is 14.3. The minimum atomic E-state index is 0.608. The van der Waals surface area contributed by atoms with Crippen LogP contribution in [-0.2, 0) is 0 Å². The Labute approximate surface area is 401 Å². The number of rotatable bonds is 6. The molecule has 0 radical (unpaired) electrons. The molecular formula is C64H39N5O. The first kappa shape index (κ1) is 38.6. The fourth-order valence-electron chi connectivity index (χ4n) is 11.1. The summed E-state index contributed by atoms with van der Waals surface area (Å²) in [7, 11) is 0. The van der Waals surface area contributed by atoms with Crippen molar-refractivity contribution in [2.24, 2.45) is 0 Å². The summed E-state index contributed by atoms with van der Waals surface area (Å²) in [6, 6.07) is 84.3. The SMILES string of the molecule is c1ccc(-c2cc(-c3cccc(-n4c5ccccc5c5ccc6c7ccccc7oc6c54)c3)nc(-n3c4ccccc4c4cc(-c5ccc6c(c5)c5ccccc5n6-c5ccccc5)ccc43)n2)cc1. The average Bonchev–Trinajstić information content (AvgIpc) is 4.17. The van der Waals surface area contributed by atoms with Gasteiger partial charge in [0.05, 0.1) is 44.5 Å². The minimum absolute atomic E-state index is 0.608. The number of aromatic nitrogens is 5. The Kier molecular flexibility index (Phi) is 8.26. The summed E-state index contributed by atoms with van der Waals surface area (Å²) in [6.07, 6.45) is 0.